The fourth-order valence-corrected chi connectivity index (χ4v) is 1.19. The lowest BCUT2D eigenvalue weighted by molar-refractivity contribution is 0.140. The van der Waals surface area contributed by atoms with E-state index in [4.69, 9.17) is 9.47 Å². The monoisotopic (exact) mass is 241 g/mol. The molecule has 0 heterocycles. The number of benzene rings is 1. The van der Waals surface area contributed by atoms with E-state index < -0.39 is 6.09 Å². The number of ether oxygens (including phenoxy) is 2. The summed E-state index contributed by atoms with van der Waals surface area (Å²) in [7, 11) is 1.61. The smallest absolute Gasteiger partial charge is 0.407 e. The highest BCUT2D eigenvalue weighted by Crippen LogP contribution is 2.11. The van der Waals surface area contributed by atoms with Crippen molar-refractivity contribution in [1.29, 1.82) is 0 Å². The number of nitrogens with one attached hydrogen (secondary N) is 1. The third-order valence-electron chi connectivity index (χ3n) is 1.91. The number of methoxy groups -OCH3 is 1. The summed E-state index contributed by atoms with van der Waals surface area (Å²) < 4.78 is 10.00. The molecule has 0 saturated carbocycles. The highest BCUT2D eigenvalue weighted by atomic mass is 32.1. The predicted molar refractivity (Wildman–Crippen MR) is 65.0 cm³/mol. The summed E-state index contributed by atoms with van der Waals surface area (Å²) in [5, 5.41) is 2.56. The maximum absolute atomic E-state index is 11.1. The van der Waals surface area contributed by atoms with Gasteiger partial charge in [-0.1, -0.05) is 12.1 Å². The van der Waals surface area contributed by atoms with Crippen molar-refractivity contribution >= 4 is 18.7 Å². The normalized spacial score (nSPS) is 9.62. The minimum absolute atomic E-state index is 0.252. The van der Waals surface area contributed by atoms with Crippen molar-refractivity contribution in [3.8, 4) is 5.75 Å². The number of carbonyl (C=O) groups excluding carboxylic acids is 1. The Morgan fingerprint density at radius 2 is 2.06 bits per heavy atom. The minimum atomic E-state index is -0.426. The predicted octanol–water partition coefficient (Wildman–Crippen LogP) is 1.85. The Labute approximate surface area is 100 Å². The van der Waals surface area contributed by atoms with Crippen LogP contribution < -0.4 is 10.1 Å². The lowest BCUT2D eigenvalue weighted by Gasteiger charge is -2.06. The molecule has 0 spiro atoms. The second-order valence-electron chi connectivity index (χ2n) is 3.07. The first-order valence-electron chi connectivity index (χ1n) is 4.90. The number of carbonyl (C=O) groups is 1. The Hall–Kier alpha value is -1.36. The molecule has 1 rings (SSSR count). The van der Waals surface area contributed by atoms with Gasteiger partial charge in [0.1, 0.15) is 12.4 Å². The van der Waals surface area contributed by atoms with Gasteiger partial charge >= 0.3 is 6.09 Å². The van der Waals surface area contributed by atoms with Gasteiger partial charge in [0.25, 0.3) is 0 Å². The first-order chi connectivity index (χ1) is 7.76. The highest BCUT2D eigenvalue weighted by Gasteiger charge is 2.01. The van der Waals surface area contributed by atoms with Crippen LogP contribution in [0.3, 0.4) is 0 Å². The molecule has 5 heteroatoms. The van der Waals surface area contributed by atoms with Crippen LogP contribution in [-0.4, -0.2) is 25.5 Å². The Morgan fingerprint density at radius 3 is 2.62 bits per heavy atom. The van der Waals surface area contributed by atoms with Gasteiger partial charge < -0.3 is 14.8 Å². The molecule has 0 fully saturated rings. The van der Waals surface area contributed by atoms with Gasteiger partial charge in [-0.25, -0.2) is 4.79 Å². The summed E-state index contributed by atoms with van der Waals surface area (Å²) >= 11 is 3.97. The van der Waals surface area contributed by atoms with Gasteiger partial charge in [0, 0.05) is 12.3 Å². The van der Waals surface area contributed by atoms with Crippen LogP contribution in [-0.2, 0) is 11.3 Å². The van der Waals surface area contributed by atoms with Crippen LogP contribution in [0.1, 0.15) is 5.56 Å². The Balaban J connectivity index is 2.33. The van der Waals surface area contributed by atoms with Gasteiger partial charge in [-0.15, -0.1) is 0 Å². The summed E-state index contributed by atoms with van der Waals surface area (Å²) in [6, 6.07) is 7.35. The van der Waals surface area contributed by atoms with E-state index in [1.807, 2.05) is 24.3 Å². The SMILES string of the molecule is COc1ccc(COC(=O)NCCS)cc1. The quantitative estimate of drug-likeness (QED) is 0.773. The number of alkyl carbamates (subject to hydrolysis) is 1. The third kappa shape index (κ3) is 4.44. The maximum Gasteiger partial charge on any atom is 0.407 e. The van der Waals surface area contributed by atoms with E-state index in [-0.39, 0.29) is 6.61 Å². The minimum Gasteiger partial charge on any atom is -0.497 e. The average Bonchev–Trinajstić information content (AvgIpc) is 2.34. The zero-order valence-corrected chi connectivity index (χ0v) is 10.00. The van der Waals surface area contributed by atoms with Crippen molar-refractivity contribution in [2.75, 3.05) is 19.4 Å². The van der Waals surface area contributed by atoms with Crippen LogP contribution in [0, 0.1) is 0 Å². The zero-order valence-electron chi connectivity index (χ0n) is 9.10. The molecule has 16 heavy (non-hydrogen) atoms. The summed E-state index contributed by atoms with van der Waals surface area (Å²) in [6.07, 6.45) is -0.426. The average molecular weight is 241 g/mol. The molecule has 0 aliphatic carbocycles. The third-order valence-corrected chi connectivity index (χ3v) is 2.13. The van der Waals surface area contributed by atoms with Gasteiger partial charge in [-0.3, -0.25) is 0 Å². The number of amides is 1. The van der Waals surface area contributed by atoms with Crippen molar-refractivity contribution < 1.29 is 14.3 Å². The summed E-state index contributed by atoms with van der Waals surface area (Å²) in [5.74, 6) is 1.38. The Kier molecular flexibility index (Phi) is 5.56. The van der Waals surface area contributed by atoms with Gasteiger partial charge in [-0.05, 0) is 17.7 Å². The summed E-state index contributed by atoms with van der Waals surface area (Å²) in [4.78, 5) is 11.1. The van der Waals surface area contributed by atoms with E-state index in [9.17, 15) is 4.79 Å². The molecule has 1 aromatic carbocycles. The molecular weight excluding hydrogens is 226 g/mol. The van der Waals surface area contributed by atoms with E-state index in [1.165, 1.54) is 0 Å². The number of hydrogen-bond acceptors (Lipinski definition) is 4. The van der Waals surface area contributed by atoms with Crippen molar-refractivity contribution in [3.63, 3.8) is 0 Å². The molecule has 0 saturated heterocycles. The van der Waals surface area contributed by atoms with E-state index in [0.717, 1.165) is 11.3 Å². The number of hydrogen-bond donors (Lipinski definition) is 2. The van der Waals surface area contributed by atoms with Crippen molar-refractivity contribution in [2.45, 2.75) is 6.61 Å². The van der Waals surface area contributed by atoms with Crippen LogP contribution in [0.2, 0.25) is 0 Å². The van der Waals surface area contributed by atoms with Crippen molar-refractivity contribution in [2.24, 2.45) is 0 Å². The first kappa shape index (κ1) is 12.7. The summed E-state index contributed by atoms with van der Waals surface area (Å²) in [6.45, 7) is 0.757. The molecule has 1 N–H and O–H groups in total. The number of rotatable bonds is 5. The van der Waals surface area contributed by atoms with Crippen LogP contribution in [0.15, 0.2) is 24.3 Å². The Bertz CT molecular complexity index is 327. The number of thiol groups is 1. The highest BCUT2D eigenvalue weighted by molar-refractivity contribution is 7.80. The second-order valence-corrected chi connectivity index (χ2v) is 3.52. The van der Waals surface area contributed by atoms with Gasteiger partial charge in [0.2, 0.25) is 0 Å². The fraction of sp³-hybridized carbons (Fsp3) is 0.364. The maximum atomic E-state index is 11.1. The van der Waals surface area contributed by atoms with Crippen LogP contribution in [0.4, 0.5) is 4.79 Å². The standard InChI is InChI=1S/C11H15NO3S/c1-14-10-4-2-9(3-5-10)8-15-11(13)12-6-7-16/h2-5,16H,6-8H2,1H3,(H,12,13). The zero-order chi connectivity index (χ0) is 11.8. The molecular formula is C11H15NO3S. The van der Waals surface area contributed by atoms with Crippen LogP contribution in [0.5, 0.6) is 5.75 Å². The van der Waals surface area contributed by atoms with E-state index >= 15 is 0 Å². The molecule has 0 atom stereocenters. The fourth-order valence-electron chi connectivity index (χ4n) is 1.08. The van der Waals surface area contributed by atoms with Crippen LogP contribution in [0.25, 0.3) is 0 Å². The summed E-state index contributed by atoms with van der Waals surface area (Å²) in [5.41, 5.74) is 0.918. The molecule has 88 valence electrons. The molecule has 0 aromatic heterocycles. The molecule has 0 unspecified atom stereocenters. The molecule has 0 aliphatic heterocycles. The van der Waals surface area contributed by atoms with Gasteiger partial charge in [0.05, 0.1) is 7.11 Å². The largest absolute Gasteiger partial charge is 0.497 e. The van der Waals surface area contributed by atoms with Gasteiger partial charge in [-0.2, -0.15) is 12.6 Å². The van der Waals surface area contributed by atoms with E-state index in [0.29, 0.717) is 12.3 Å². The lowest BCUT2D eigenvalue weighted by Crippen LogP contribution is -2.25. The molecule has 0 radical (unpaired) electrons. The molecule has 1 amide bonds. The lowest BCUT2D eigenvalue weighted by atomic mass is 10.2. The topological polar surface area (TPSA) is 47.6 Å². The second kappa shape index (κ2) is 7.00. The molecule has 1 aromatic rings. The Morgan fingerprint density at radius 1 is 1.38 bits per heavy atom. The first-order valence-corrected chi connectivity index (χ1v) is 5.54. The van der Waals surface area contributed by atoms with Crippen molar-refractivity contribution in [3.05, 3.63) is 29.8 Å². The van der Waals surface area contributed by atoms with E-state index in [2.05, 4.69) is 17.9 Å². The van der Waals surface area contributed by atoms with E-state index in [1.54, 1.807) is 7.11 Å². The molecule has 0 bridgehead atoms. The van der Waals surface area contributed by atoms with Crippen LogP contribution >= 0.6 is 12.6 Å². The molecule has 4 nitrogen and oxygen atoms in total. The molecule has 0 aliphatic rings. The van der Waals surface area contributed by atoms with Gasteiger partial charge in [0.15, 0.2) is 0 Å². The van der Waals surface area contributed by atoms with Crippen molar-refractivity contribution in [1.82, 2.24) is 5.32 Å².